The first-order valence-electron chi connectivity index (χ1n) is 7.26. The van der Waals surface area contributed by atoms with Gasteiger partial charge in [-0.15, -0.1) is 0 Å². The highest BCUT2D eigenvalue weighted by Crippen LogP contribution is 2.26. The Hall–Kier alpha value is -1.88. The molecule has 0 saturated carbocycles. The molecular weight excluding hydrogens is 266 g/mol. The Bertz CT molecular complexity index is 646. The molecule has 0 spiro atoms. The number of carbonyl (C=O) groups is 1. The lowest BCUT2D eigenvalue weighted by Crippen LogP contribution is -2.47. The van der Waals surface area contributed by atoms with E-state index in [-0.39, 0.29) is 12.0 Å². The van der Waals surface area contributed by atoms with Crippen LogP contribution in [0, 0.1) is 6.92 Å². The molecule has 0 saturated heterocycles. The number of aryl methyl sites for hydroxylation is 1. The second-order valence-electron chi connectivity index (χ2n) is 5.71. The van der Waals surface area contributed by atoms with Crippen molar-refractivity contribution in [1.29, 1.82) is 0 Å². The molecule has 0 aliphatic rings. The van der Waals surface area contributed by atoms with Gasteiger partial charge in [0.05, 0.1) is 17.6 Å². The van der Waals surface area contributed by atoms with Crippen molar-refractivity contribution in [2.75, 3.05) is 6.61 Å². The van der Waals surface area contributed by atoms with Crippen LogP contribution in [0.3, 0.4) is 0 Å². The Kier molecular flexibility index (Phi) is 4.32. The number of nitrogens with two attached hydrogens (primary N) is 1. The number of nitrogens with zero attached hydrogens (tertiary/aromatic N) is 2. The largest absolute Gasteiger partial charge is 0.465 e. The number of aromatic nitrogens is 2. The van der Waals surface area contributed by atoms with Gasteiger partial charge in [-0.1, -0.05) is 12.1 Å². The van der Waals surface area contributed by atoms with Crippen LogP contribution in [0.2, 0.25) is 0 Å². The van der Waals surface area contributed by atoms with E-state index < -0.39 is 5.54 Å². The van der Waals surface area contributed by atoms with Crippen LogP contribution in [0.25, 0.3) is 11.0 Å². The van der Waals surface area contributed by atoms with Crippen molar-refractivity contribution in [3.8, 4) is 0 Å². The smallest absolute Gasteiger partial charge is 0.325 e. The van der Waals surface area contributed by atoms with Gasteiger partial charge in [-0.2, -0.15) is 0 Å². The van der Waals surface area contributed by atoms with Crippen molar-refractivity contribution in [2.24, 2.45) is 5.73 Å². The molecular formula is C16H23N3O2. The lowest BCUT2D eigenvalue weighted by Gasteiger charge is -2.27. The summed E-state index contributed by atoms with van der Waals surface area (Å²) < 4.78 is 7.18. The van der Waals surface area contributed by atoms with Crippen molar-refractivity contribution >= 4 is 17.0 Å². The molecule has 0 bridgehead atoms. The van der Waals surface area contributed by atoms with Crippen molar-refractivity contribution in [2.45, 2.75) is 45.7 Å². The fourth-order valence-corrected chi connectivity index (χ4v) is 2.81. The Morgan fingerprint density at radius 3 is 2.81 bits per heavy atom. The van der Waals surface area contributed by atoms with Crippen LogP contribution < -0.4 is 5.73 Å². The average molecular weight is 289 g/mol. The zero-order valence-electron chi connectivity index (χ0n) is 13.1. The summed E-state index contributed by atoms with van der Waals surface area (Å²) in [5, 5.41) is 0. The summed E-state index contributed by atoms with van der Waals surface area (Å²) in [7, 11) is 0. The van der Waals surface area contributed by atoms with Gasteiger partial charge >= 0.3 is 5.97 Å². The summed E-state index contributed by atoms with van der Waals surface area (Å²) in [6.07, 6.45) is 0.493. The van der Waals surface area contributed by atoms with Crippen LogP contribution in [-0.2, 0) is 9.53 Å². The first-order valence-corrected chi connectivity index (χ1v) is 7.26. The molecule has 1 heterocycles. The number of ether oxygens (including phenoxy) is 1. The van der Waals surface area contributed by atoms with Crippen LogP contribution in [0.4, 0.5) is 0 Å². The van der Waals surface area contributed by atoms with Gasteiger partial charge in [-0.3, -0.25) is 4.79 Å². The number of imidazole rings is 1. The number of fused-ring (bicyclic) bond motifs is 1. The molecule has 0 amide bonds. The van der Waals surface area contributed by atoms with E-state index in [4.69, 9.17) is 10.5 Å². The molecule has 5 nitrogen and oxygen atoms in total. The van der Waals surface area contributed by atoms with E-state index >= 15 is 0 Å². The Morgan fingerprint density at radius 2 is 2.14 bits per heavy atom. The normalized spacial score (nSPS) is 15.7. The number of para-hydroxylation sites is 2. The Morgan fingerprint density at radius 1 is 1.48 bits per heavy atom. The van der Waals surface area contributed by atoms with Crippen LogP contribution in [0.15, 0.2) is 24.3 Å². The van der Waals surface area contributed by atoms with Gasteiger partial charge in [0, 0.05) is 6.04 Å². The minimum absolute atomic E-state index is 0.0526. The van der Waals surface area contributed by atoms with Gasteiger partial charge in [0.15, 0.2) is 0 Å². The summed E-state index contributed by atoms with van der Waals surface area (Å²) in [6, 6.07) is 8.02. The molecule has 5 heteroatoms. The Labute approximate surface area is 125 Å². The molecule has 1 aromatic carbocycles. The molecule has 21 heavy (non-hydrogen) atoms. The third kappa shape index (κ3) is 3.08. The molecule has 0 radical (unpaired) electrons. The quantitative estimate of drug-likeness (QED) is 0.859. The van der Waals surface area contributed by atoms with Crippen LogP contribution in [0.5, 0.6) is 0 Å². The van der Waals surface area contributed by atoms with Crippen LogP contribution in [-0.4, -0.2) is 27.7 Å². The van der Waals surface area contributed by atoms with E-state index in [1.807, 2.05) is 38.1 Å². The fourth-order valence-electron chi connectivity index (χ4n) is 2.81. The first-order chi connectivity index (χ1) is 9.86. The molecule has 1 aromatic heterocycles. The van der Waals surface area contributed by atoms with Crippen molar-refractivity contribution in [3.05, 3.63) is 30.1 Å². The van der Waals surface area contributed by atoms with E-state index in [2.05, 4.69) is 9.55 Å². The third-order valence-corrected chi connectivity index (χ3v) is 3.67. The third-order valence-electron chi connectivity index (χ3n) is 3.67. The van der Waals surface area contributed by atoms with Gasteiger partial charge in [-0.05, 0) is 46.2 Å². The average Bonchev–Trinajstić information content (AvgIpc) is 2.74. The lowest BCUT2D eigenvalue weighted by atomic mass is 9.94. The second-order valence-corrected chi connectivity index (χ2v) is 5.71. The monoisotopic (exact) mass is 289 g/mol. The summed E-state index contributed by atoms with van der Waals surface area (Å²) >= 11 is 0. The number of hydrogen-bond acceptors (Lipinski definition) is 4. The number of esters is 1. The summed E-state index contributed by atoms with van der Waals surface area (Å²) in [4.78, 5) is 16.5. The molecule has 2 N–H and O–H groups in total. The van der Waals surface area contributed by atoms with E-state index in [0.717, 1.165) is 16.9 Å². The number of hydrogen-bond donors (Lipinski definition) is 1. The van der Waals surface area contributed by atoms with E-state index in [1.165, 1.54) is 0 Å². The van der Waals surface area contributed by atoms with Crippen LogP contribution in [0.1, 0.15) is 39.1 Å². The predicted octanol–water partition coefficient (Wildman–Crippen LogP) is 2.58. The number of benzene rings is 1. The molecule has 0 aliphatic carbocycles. The topological polar surface area (TPSA) is 70.1 Å². The first kappa shape index (κ1) is 15.5. The zero-order chi connectivity index (χ0) is 15.6. The number of carbonyl (C=O) groups excluding carboxylic acids is 1. The van der Waals surface area contributed by atoms with Gasteiger partial charge < -0.3 is 15.0 Å². The van der Waals surface area contributed by atoms with Crippen LogP contribution >= 0.6 is 0 Å². The molecule has 2 aromatic rings. The van der Waals surface area contributed by atoms with Crippen molar-refractivity contribution < 1.29 is 9.53 Å². The van der Waals surface area contributed by atoms with Crippen molar-refractivity contribution in [3.63, 3.8) is 0 Å². The molecule has 2 unspecified atom stereocenters. The summed E-state index contributed by atoms with van der Waals surface area (Å²) in [6.45, 7) is 7.86. The molecule has 2 rings (SSSR count). The van der Waals surface area contributed by atoms with Gasteiger partial charge in [-0.25, -0.2) is 4.98 Å². The minimum Gasteiger partial charge on any atom is -0.465 e. The van der Waals surface area contributed by atoms with Gasteiger partial charge in [0.2, 0.25) is 0 Å². The molecule has 2 atom stereocenters. The zero-order valence-corrected chi connectivity index (χ0v) is 13.1. The highest BCUT2D eigenvalue weighted by Gasteiger charge is 2.33. The van der Waals surface area contributed by atoms with Gasteiger partial charge in [0.1, 0.15) is 11.4 Å². The Balaban J connectivity index is 2.28. The van der Waals surface area contributed by atoms with E-state index in [0.29, 0.717) is 13.0 Å². The standard InChI is InChI=1S/C16H23N3O2/c1-5-21-15(20)16(4,17)10-11(2)19-12(3)18-13-8-6-7-9-14(13)19/h6-9,11H,5,10,17H2,1-4H3. The van der Waals surface area contributed by atoms with Gasteiger partial charge in [0.25, 0.3) is 0 Å². The SMILES string of the molecule is CCOC(=O)C(C)(N)CC(C)n1c(C)nc2ccccc21. The maximum absolute atomic E-state index is 11.9. The molecule has 0 aliphatic heterocycles. The highest BCUT2D eigenvalue weighted by atomic mass is 16.5. The minimum atomic E-state index is -1.01. The molecule has 114 valence electrons. The van der Waals surface area contributed by atoms with Crippen molar-refractivity contribution in [1.82, 2.24) is 9.55 Å². The second kappa shape index (κ2) is 5.85. The lowest BCUT2D eigenvalue weighted by molar-refractivity contribution is -0.149. The summed E-state index contributed by atoms with van der Waals surface area (Å²) in [5.74, 6) is 0.558. The maximum atomic E-state index is 11.9. The van der Waals surface area contributed by atoms with E-state index in [9.17, 15) is 4.79 Å². The number of rotatable bonds is 5. The predicted molar refractivity (Wildman–Crippen MR) is 83.0 cm³/mol. The highest BCUT2D eigenvalue weighted by molar-refractivity contribution is 5.80. The van der Waals surface area contributed by atoms with E-state index in [1.54, 1.807) is 13.8 Å². The maximum Gasteiger partial charge on any atom is 0.325 e. The summed E-state index contributed by atoms with van der Waals surface area (Å²) in [5.41, 5.74) is 7.15. The molecule has 0 fully saturated rings. The fraction of sp³-hybridized carbons (Fsp3) is 0.500.